The molecule has 1 atom stereocenters. The fourth-order valence-corrected chi connectivity index (χ4v) is 3.65. The van der Waals surface area contributed by atoms with Crippen molar-refractivity contribution in [3.63, 3.8) is 0 Å². The number of aliphatic hydroxyl groups excluding tert-OH is 1. The Kier molecular flexibility index (Phi) is 4.42. The van der Waals surface area contributed by atoms with Gasteiger partial charge in [0.25, 0.3) is 0 Å². The summed E-state index contributed by atoms with van der Waals surface area (Å²) in [6.45, 7) is 2.86. The summed E-state index contributed by atoms with van der Waals surface area (Å²) in [6, 6.07) is 6.61. The normalized spacial score (nSPS) is 26.7. The molecule has 2 aliphatic rings. The fraction of sp³-hybridized carbons (Fsp3) is 0.667. The summed E-state index contributed by atoms with van der Waals surface area (Å²) >= 11 is 0. The lowest BCUT2D eigenvalue weighted by Gasteiger charge is -2.36. The van der Waals surface area contributed by atoms with Crippen LogP contribution in [-0.2, 0) is 17.6 Å². The molecule has 1 unspecified atom stereocenters. The highest BCUT2D eigenvalue weighted by Crippen LogP contribution is 2.37. The van der Waals surface area contributed by atoms with Crippen molar-refractivity contribution in [2.24, 2.45) is 5.92 Å². The van der Waals surface area contributed by atoms with Crippen molar-refractivity contribution in [3.8, 4) is 0 Å². The SMILES string of the molecule is CCOC1CC(CC(O)c2ccc3c(c2)CCCC3)C1. The van der Waals surface area contributed by atoms with Gasteiger partial charge in [0.2, 0.25) is 0 Å². The van der Waals surface area contributed by atoms with Gasteiger partial charge in [-0.1, -0.05) is 18.2 Å². The maximum atomic E-state index is 10.4. The Morgan fingerprint density at radius 1 is 1.20 bits per heavy atom. The quantitative estimate of drug-likeness (QED) is 0.885. The highest BCUT2D eigenvalue weighted by Gasteiger charge is 2.31. The van der Waals surface area contributed by atoms with Crippen LogP contribution < -0.4 is 0 Å². The number of fused-ring (bicyclic) bond motifs is 1. The number of hydrogen-bond donors (Lipinski definition) is 1. The highest BCUT2D eigenvalue weighted by molar-refractivity contribution is 5.34. The van der Waals surface area contributed by atoms with Gasteiger partial charge in [0, 0.05) is 6.61 Å². The van der Waals surface area contributed by atoms with E-state index < -0.39 is 0 Å². The molecule has 2 aliphatic carbocycles. The summed E-state index contributed by atoms with van der Waals surface area (Å²) in [7, 11) is 0. The van der Waals surface area contributed by atoms with Crippen molar-refractivity contribution in [1.82, 2.24) is 0 Å². The molecule has 0 radical (unpaired) electrons. The van der Waals surface area contributed by atoms with Gasteiger partial charge in [-0.2, -0.15) is 0 Å². The first kappa shape index (κ1) is 14.1. The van der Waals surface area contributed by atoms with Crippen LogP contribution in [0.4, 0.5) is 0 Å². The smallest absolute Gasteiger partial charge is 0.0792 e. The Hall–Kier alpha value is -0.860. The predicted octanol–water partition coefficient (Wildman–Crippen LogP) is 3.80. The molecule has 0 amide bonds. The monoisotopic (exact) mass is 274 g/mol. The van der Waals surface area contributed by atoms with Crippen LogP contribution >= 0.6 is 0 Å². The van der Waals surface area contributed by atoms with Crippen molar-refractivity contribution in [2.45, 2.75) is 64.1 Å². The molecule has 1 N–H and O–H groups in total. The third-order valence-electron chi connectivity index (χ3n) is 4.91. The lowest BCUT2D eigenvalue weighted by atomic mass is 9.77. The number of rotatable bonds is 5. The Morgan fingerprint density at radius 2 is 1.95 bits per heavy atom. The Morgan fingerprint density at radius 3 is 2.70 bits per heavy atom. The first-order valence-electron chi connectivity index (χ1n) is 8.17. The molecule has 2 nitrogen and oxygen atoms in total. The average Bonchev–Trinajstić information content (AvgIpc) is 2.44. The lowest BCUT2D eigenvalue weighted by molar-refractivity contribution is -0.0380. The van der Waals surface area contributed by atoms with Gasteiger partial charge in [-0.15, -0.1) is 0 Å². The van der Waals surface area contributed by atoms with Gasteiger partial charge in [0.1, 0.15) is 0 Å². The van der Waals surface area contributed by atoms with E-state index in [0.29, 0.717) is 12.0 Å². The molecule has 3 rings (SSSR count). The molecule has 2 heteroatoms. The first-order chi connectivity index (χ1) is 9.76. The number of aliphatic hydroxyl groups is 1. The van der Waals surface area contributed by atoms with Crippen LogP contribution in [0.3, 0.4) is 0 Å². The number of benzene rings is 1. The molecule has 0 aromatic heterocycles. The van der Waals surface area contributed by atoms with E-state index >= 15 is 0 Å². The van der Waals surface area contributed by atoms with Gasteiger partial charge < -0.3 is 9.84 Å². The average molecular weight is 274 g/mol. The molecule has 0 spiro atoms. The minimum absolute atomic E-state index is 0.296. The van der Waals surface area contributed by atoms with E-state index in [1.165, 1.54) is 36.8 Å². The second kappa shape index (κ2) is 6.28. The summed E-state index contributed by atoms with van der Waals surface area (Å²) in [5.41, 5.74) is 4.08. The van der Waals surface area contributed by atoms with E-state index in [9.17, 15) is 5.11 Å². The highest BCUT2D eigenvalue weighted by atomic mass is 16.5. The van der Waals surface area contributed by atoms with Crippen molar-refractivity contribution in [1.29, 1.82) is 0 Å². The van der Waals surface area contributed by atoms with Gasteiger partial charge in [0.05, 0.1) is 12.2 Å². The van der Waals surface area contributed by atoms with Gasteiger partial charge in [-0.05, 0) is 74.5 Å². The molecule has 0 aliphatic heterocycles. The van der Waals surface area contributed by atoms with Crippen LogP contribution in [0.15, 0.2) is 18.2 Å². The third kappa shape index (κ3) is 3.07. The van der Waals surface area contributed by atoms with Crippen LogP contribution in [0.5, 0.6) is 0 Å². The van der Waals surface area contributed by atoms with E-state index in [1.54, 1.807) is 0 Å². The molecule has 0 saturated heterocycles. The minimum atomic E-state index is -0.296. The fourth-order valence-electron chi connectivity index (χ4n) is 3.65. The molecule has 1 fully saturated rings. The van der Waals surface area contributed by atoms with Gasteiger partial charge in [-0.3, -0.25) is 0 Å². The van der Waals surface area contributed by atoms with Crippen LogP contribution in [-0.4, -0.2) is 17.8 Å². The molecule has 1 saturated carbocycles. The third-order valence-corrected chi connectivity index (χ3v) is 4.91. The molecule has 110 valence electrons. The summed E-state index contributed by atoms with van der Waals surface area (Å²) in [5, 5.41) is 10.4. The van der Waals surface area contributed by atoms with Crippen LogP contribution in [0, 0.1) is 5.92 Å². The number of ether oxygens (including phenoxy) is 1. The van der Waals surface area contributed by atoms with E-state index in [0.717, 1.165) is 31.4 Å². The van der Waals surface area contributed by atoms with Crippen molar-refractivity contribution < 1.29 is 9.84 Å². The second-order valence-corrected chi connectivity index (χ2v) is 6.40. The topological polar surface area (TPSA) is 29.5 Å². The van der Waals surface area contributed by atoms with E-state index in [1.807, 2.05) is 0 Å². The zero-order valence-electron chi connectivity index (χ0n) is 12.5. The molecule has 20 heavy (non-hydrogen) atoms. The second-order valence-electron chi connectivity index (χ2n) is 6.40. The summed E-state index contributed by atoms with van der Waals surface area (Å²) < 4.78 is 5.59. The van der Waals surface area contributed by atoms with Gasteiger partial charge in [0.15, 0.2) is 0 Å². The van der Waals surface area contributed by atoms with E-state index in [4.69, 9.17) is 4.74 Å². The van der Waals surface area contributed by atoms with Crippen LogP contribution in [0.2, 0.25) is 0 Å². The summed E-state index contributed by atoms with van der Waals surface area (Å²) in [5.74, 6) is 0.637. The molecular weight excluding hydrogens is 248 g/mol. The van der Waals surface area contributed by atoms with Crippen LogP contribution in [0.1, 0.15) is 61.8 Å². The van der Waals surface area contributed by atoms with Crippen molar-refractivity contribution in [3.05, 3.63) is 34.9 Å². The number of aryl methyl sites for hydroxylation is 2. The van der Waals surface area contributed by atoms with E-state index in [-0.39, 0.29) is 6.10 Å². The zero-order valence-corrected chi connectivity index (χ0v) is 12.5. The molecule has 1 aromatic carbocycles. The minimum Gasteiger partial charge on any atom is -0.388 e. The van der Waals surface area contributed by atoms with Crippen molar-refractivity contribution in [2.75, 3.05) is 6.61 Å². The first-order valence-corrected chi connectivity index (χ1v) is 8.17. The molecule has 1 aromatic rings. The molecule has 0 bridgehead atoms. The molecule has 0 heterocycles. The maximum Gasteiger partial charge on any atom is 0.0792 e. The predicted molar refractivity (Wildman–Crippen MR) is 80.8 cm³/mol. The summed E-state index contributed by atoms with van der Waals surface area (Å²) in [6.07, 6.45) is 8.29. The number of hydrogen-bond acceptors (Lipinski definition) is 2. The molecular formula is C18H26O2. The van der Waals surface area contributed by atoms with Crippen LogP contribution in [0.25, 0.3) is 0 Å². The summed E-state index contributed by atoms with van der Waals surface area (Å²) in [4.78, 5) is 0. The maximum absolute atomic E-state index is 10.4. The largest absolute Gasteiger partial charge is 0.388 e. The Bertz CT molecular complexity index is 449. The zero-order chi connectivity index (χ0) is 13.9. The van der Waals surface area contributed by atoms with Gasteiger partial charge >= 0.3 is 0 Å². The van der Waals surface area contributed by atoms with Gasteiger partial charge in [-0.25, -0.2) is 0 Å². The standard InChI is InChI=1S/C18H26O2/c1-2-20-17-9-13(10-17)11-18(19)16-8-7-14-5-3-4-6-15(14)12-16/h7-8,12-13,17-19H,2-6,9-11H2,1H3. The van der Waals surface area contributed by atoms with Crippen molar-refractivity contribution >= 4 is 0 Å². The Balaban J connectivity index is 1.56. The van der Waals surface area contributed by atoms with E-state index in [2.05, 4.69) is 25.1 Å². The lowest BCUT2D eigenvalue weighted by Crippen LogP contribution is -2.32. The Labute approximate surface area is 122 Å².